The summed E-state index contributed by atoms with van der Waals surface area (Å²) in [5.74, 6) is 2.46. The Morgan fingerprint density at radius 1 is 0.982 bits per heavy atom. The van der Waals surface area contributed by atoms with Crippen molar-refractivity contribution in [3.63, 3.8) is 0 Å². The fourth-order valence-electron chi connectivity index (χ4n) is 9.08. The summed E-state index contributed by atoms with van der Waals surface area (Å²) >= 11 is 0. The Morgan fingerprint density at radius 3 is 2.51 bits per heavy atom. The second-order valence-electron chi connectivity index (χ2n) is 16.3. The van der Waals surface area contributed by atoms with Crippen LogP contribution < -0.4 is 10.1 Å². The number of hydrogen-bond donors (Lipinski definition) is 3. The van der Waals surface area contributed by atoms with Crippen LogP contribution in [0.15, 0.2) is 48.7 Å². The molecule has 55 heavy (non-hydrogen) atoms. The molecule has 4 aliphatic rings. The number of alkyl carbamates (subject to hydrolysis) is 1. The number of hydrogen-bond acceptors (Lipinski definition) is 7. The zero-order valence-electron chi connectivity index (χ0n) is 32.0. The third-order valence-corrected chi connectivity index (χ3v) is 12.6. The van der Waals surface area contributed by atoms with Crippen molar-refractivity contribution >= 4 is 39.7 Å². The van der Waals surface area contributed by atoms with E-state index in [1.54, 1.807) is 0 Å². The maximum Gasteiger partial charge on any atom is 0.407 e. The summed E-state index contributed by atoms with van der Waals surface area (Å²) in [6, 6.07) is 14.0. The molecule has 3 amide bonds. The van der Waals surface area contributed by atoms with Crippen molar-refractivity contribution in [2.24, 2.45) is 11.3 Å². The van der Waals surface area contributed by atoms with Crippen LogP contribution in [0.25, 0.3) is 44.2 Å². The van der Waals surface area contributed by atoms with Gasteiger partial charge >= 0.3 is 6.09 Å². The number of rotatable bonds is 9. The highest BCUT2D eigenvalue weighted by Gasteiger charge is 2.45. The van der Waals surface area contributed by atoms with E-state index < -0.39 is 12.1 Å². The lowest BCUT2D eigenvalue weighted by atomic mass is 9.92. The van der Waals surface area contributed by atoms with Crippen LogP contribution in [0.4, 0.5) is 4.79 Å². The number of amides is 3. The highest BCUT2D eigenvalue weighted by molar-refractivity contribution is 6.07. The molecule has 2 aromatic heterocycles. The maximum atomic E-state index is 13.6. The monoisotopic (exact) mass is 743 g/mol. The fourth-order valence-corrected chi connectivity index (χ4v) is 9.08. The first kappa shape index (κ1) is 35.3. The number of methoxy groups -OCH3 is 1. The van der Waals surface area contributed by atoms with Gasteiger partial charge in [0, 0.05) is 30.5 Å². The van der Waals surface area contributed by atoms with Gasteiger partial charge in [0.2, 0.25) is 11.8 Å². The van der Waals surface area contributed by atoms with Crippen LogP contribution >= 0.6 is 0 Å². The molecule has 2 unspecified atom stereocenters. The van der Waals surface area contributed by atoms with Gasteiger partial charge in [0.1, 0.15) is 30.0 Å². The van der Waals surface area contributed by atoms with Gasteiger partial charge in [-0.25, -0.2) is 14.8 Å². The summed E-state index contributed by atoms with van der Waals surface area (Å²) in [5, 5.41) is 4.83. The quantitative estimate of drug-likeness (QED) is 0.139. The number of nitrogens with zero attached hydrogens (tertiary/aromatic N) is 4. The molecule has 0 bridgehead atoms. The summed E-state index contributed by atoms with van der Waals surface area (Å²) < 4.78 is 11.2. The number of likely N-dealkylation sites (tertiary alicyclic amines) is 2. The molecule has 5 heterocycles. The van der Waals surface area contributed by atoms with E-state index >= 15 is 0 Å². The van der Waals surface area contributed by atoms with Crippen molar-refractivity contribution in [1.82, 2.24) is 35.1 Å². The van der Waals surface area contributed by atoms with Gasteiger partial charge in [0.15, 0.2) is 0 Å². The van der Waals surface area contributed by atoms with Gasteiger partial charge in [0.25, 0.3) is 0 Å². The Kier molecular flexibility index (Phi) is 8.81. The smallest absolute Gasteiger partial charge is 0.407 e. The first-order valence-electron chi connectivity index (χ1n) is 19.9. The molecule has 3 fully saturated rings. The van der Waals surface area contributed by atoms with Gasteiger partial charge in [-0.2, -0.15) is 0 Å². The second kappa shape index (κ2) is 13.7. The predicted octanol–water partition coefficient (Wildman–Crippen LogP) is 7.95. The van der Waals surface area contributed by atoms with Gasteiger partial charge in [-0.15, -0.1) is 0 Å². The minimum Gasteiger partial charge on any atom is -0.488 e. The highest BCUT2D eigenvalue weighted by Crippen LogP contribution is 2.52. The van der Waals surface area contributed by atoms with E-state index in [2.05, 4.69) is 69.6 Å². The van der Waals surface area contributed by atoms with Crippen LogP contribution in [0.2, 0.25) is 0 Å². The Hall–Kier alpha value is -5.39. The minimum atomic E-state index is -0.685. The molecule has 1 aliphatic carbocycles. The number of aromatic amines is 2. The number of carbonyl (C=O) groups is 3. The van der Waals surface area contributed by atoms with Crippen LogP contribution in [-0.4, -0.2) is 73.9 Å². The highest BCUT2D eigenvalue weighted by atomic mass is 16.5. The topological polar surface area (TPSA) is 146 Å². The number of imidazole rings is 2. The SMILES string of the molecule is CCC1(CC(=O)N2CCCC2c2nc3c(ccc4cc5c(cc43)OCc3cc(-c4cnc(C6CCCN6C(=O)[C@@H](NC(=O)OC)C(C)C)[nH]4)ccc3-5)[nH]2)CC1. The van der Waals surface area contributed by atoms with Crippen molar-refractivity contribution < 1.29 is 23.9 Å². The van der Waals surface area contributed by atoms with Crippen molar-refractivity contribution in [3.05, 3.63) is 65.9 Å². The van der Waals surface area contributed by atoms with Gasteiger partial charge in [0.05, 0.1) is 42.1 Å². The normalized spacial score (nSPS) is 20.4. The molecule has 1 saturated carbocycles. The first-order valence-corrected chi connectivity index (χ1v) is 19.9. The summed E-state index contributed by atoms with van der Waals surface area (Å²) in [7, 11) is 1.30. The maximum absolute atomic E-state index is 13.6. The second-order valence-corrected chi connectivity index (χ2v) is 16.3. The van der Waals surface area contributed by atoms with Crippen LogP contribution in [-0.2, 0) is 20.9 Å². The molecule has 9 rings (SSSR count). The molecule has 286 valence electrons. The van der Waals surface area contributed by atoms with Crippen LogP contribution in [0.3, 0.4) is 0 Å². The van der Waals surface area contributed by atoms with E-state index in [1.165, 1.54) is 7.11 Å². The lowest BCUT2D eigenvalue weighted by Gasteiger charge is -2.30. The Labute approximate surface area is 320 Å². The molecular formula is C43H49N7O5. The Bertz CT molecular complexity index is 2320. The Morgan fingerprint density at radius 2 is 1.76 bits per heavy atom. The molecular weight excluding hydrogens is 695 g/mol. The lowest BCUT2D eigenvalue weighted by molar-refractivity contribution is -0.135. The van der Waals surface area contributed by atoms with Crippen LogP contribution in [0.1, 0.15) is 101 Å². The molecule has 3 aliphatic heterocycles. The zero-order valence-corrected chi connectivity index (χ0v) is 32.0. The number of nitrogens with one attached hydrogen (secondary N) is 3. The minimum absolute atomic E-state index is 0.0179. The van der Waals surface area contributed by atoms with Crippen molar-refractivity contribution in [3.8, 4) is 28.1 Å². The van der Waals surface area contributed by atoms with E-state index in [0.717, 1.165) is 119 Å². The van der Waals surface area contributed by atoms with Gasteiger partial charge in [-0.3, -0.25) is 9.59 Å². The van der Waals surface area contributed by atoms with Gasteiger partial charge < -0.3 is 34.6 Å². The number of benzene rings is 3. The first-order chi connectivity index (χ1) is 26.6. The summed E-state index contributed by atoms with van der Waals surface area (Å²) in [4.78, 5) is 59.9. The number of ether oxygens (including phenoxy) is 2. The molecule has 3 atom stereocenters. The van der Waals surface area contributed by atoms with Crippen molar-refractivity contribution in [1.29, 1.82) is 0 Å². The summed E-state index contributed by atoms with van der Waals surface area (Å²) in [5.41, 5.74) is 7.20. The number of carbonyl (C=O) groups excluding carboxylic acids is 3. The number of fused-ring (bicyclic) bond motifs is 6. The molecule has 0 spiro atoms. The molecule has 5 aromatic rings. The largest absolute Gasteiger partial charge is 0.488 e. The van der Waals surface area contributed by atoms with Gasteiger partial charge in [-0.1, -0.05) is 39.0 Å². The average Bonchev–Trinajstić information content (AvgIpc) is 3.76. The number of H-pyrrole nitrogens is 2. The molecule has 3 aromatic carbocycles. The van der Waals surface area contributed by atoms with E-state index in [1.807, 2.05) is 24.9 Å². The van der Waals surface area contributed by atoms with Crippen LogP contribution in [0.5, 0.6) is 5.75 Å². The molecule has 2 saturated heterocycles. The standard InChI is InChI=1S/C43H49N7O5/c1-5-43(14-15-43)21-36(51)49-16-6-9-34(49)40-45-31-13-11-25-19-30-28-12-10-26(18-27(28)23-55-35(30)20-29(25)38(31)47-40)32-22-44-39(46-32)33-8-7-17-50(33)41(52)37(24(2)3)48-42(53)54-4/h10-13,18-20,22,24,33-34,37H,5-9,14-17,21,23H2,1-4H3,(H,44,46)(H,45,47)(H,48,53)/t33?,34?,37-/m0/s1. The van der Waals surface area contributed by atoms with E-state index in [0.29, 0.717) is 19.6 Å². The van der Waals surface area contributed by atoms with E-state index in [-0.39, 0.29) is 35.2 Å². The van der Waals surface area contributed by atoms with Crippen molar-refractivity contribution in [2.75, 3.05) is 20.2 Å². The average molecular weight is 744 g/mol. The third kappa shape index (κ3) is 6.29. The van der Waals surface area contributed by atoms with E-state index in [9.17, 15) is 14.4 Å². The van der Waals surface area contributed by atoms with Gasteiger partial charge in [-0.05, 0) is 103 Å². The molecule has 12 nitrogen and oxygen atoms in total. The molecule has 12 heteroatoms. The third-order valence-electron chi connectivity index (χ3n) is 12.6. The summed E-state index contributed by atoms with van der Waals surface area (Å²) in [6.07, 6.45) is 8.82. The number of aromatic nitrogens is 4. The molecule has 3 N–H and O–H groups in total. The Balaban J connectivity index is 0.955. The fraction of sp³-hybridized carbons (Fsp3) is 0.465. The lowest BCUT2D eigenvalue weighted by Crippen LogP contribution is -2.51. The predicted molar refractivity (Wildman–Crippen MR) is 209 cm³/mol. The summed E-state index contributed by atoms with van der Waals surface area (Å²) in [6.45, 7) is 7.85. The van der Waals surface area contributed by atoms with E-state index in [4.69, 9.17) is 19.4 Å². The molecule has 0 radical (unpaired) electrons. The zero-order chi connectivity index (χ0) is 38.0. The van der Waals surface area contributed by atoms with Crippen LogP contribution in [0, 0.1) is 11.3 Å². The van der Waals surface area contributed by atoms with Crippen molar-refractivity contribution in [2.45, 2.75) is 96.9 Å².